The lowest BCUT2D eigenvalue weighted by atomic mass is 10.0. The Labute approximate surface area is 219 Å². The van der Waals surface area contributed by atoms with Crippen LogP contribution in [0, 0.1) is 0 Å². The molecule has 4 amide bonds. The van der Waals surface area contributed by atoms with E-state index in [2.05, 4.69) is 5.32 Å². The first-order chi connectivity index (χ1) is 18.3. The number of fused-ring (bicyclic) bond motifs is 1. The van der Waals surface area contributed by atoms with Crippen LogP contribution in [-0.4, -0.2) is 64.7 Å². The van der Waals surface area contributed by atoms with Crippen LogP contribution >= 0.6 is 0 Å². The monoisotopic (exact) mass is 550 g/mol. The van der Waals surface area contributed by atoms with Gasteiger partial charge in [-0.15, -0.1) is 0 Å². The van der Waals surface area contributed by atoms with Gasteiger partial charge in [-0.05, 0) is 41.3 Å². The molecule has 0 saturated carbocycles. The Morgan fingerprint density at radius 3 is 2.38 bits per heavy atom. The number of nitrogens with one attached hydrogen (secondary N) is 2. The summed E-state index contributed by atoms with van der Waals surface area (Å²) in [4.78, 5) is 52.0. The largest absolute Gasteiger partial charge is 0.412 e. The molecule has 206 valence electrons. The molecule has 3 heterocycles. The highest BCUT2D eigenvalue weighted by atomic mass is 19.4. The number of amides is 4. The van der Waals surface area contributed by atoms with Crippen molar-refractivity contribution in [2.75, 3.05) is 13.1 Å². The highest BCUT2D eigenvalue weighted by Crippen LogP contribution is 2.34. The van der Waals surface area contributed by atoms with E-state index in [1.54, 1.807) is 0 Å². The van der Waals surface area contributed by atoms with Crippen LogP contribution in [0.4, 0.5) is 22.0 Å². The number of alkyl halides is 5. The standard InChI is InChI=1S/C26H23F5N4O4/c27-25(28)12-34(13-25)10-14-1-3-15(4-2-14)21(26(29,30)31)33-22(37)16-5-6-18-17(9-16)11-35(24(18)39)19-7-8-20(36)32-23(19)38/h1-6,9,19,21H,7-8,10-13H2,(H,33,37)(H,32,36,38). The normalized spacial score (nSPS) is 21.7. The number of imide groups is 1. The molecule has 2 aromatic carbocycles. The number of carbonyl (C=O) groups is 4. The maximum absolute atomic E-state index is 13.9. The van der Waals surface area contributed by atoms with Crippen molar-refractivity contribution >= 4 is 23.6 Å². The molecule has 3 aliphatic rings. The Bertz CT molecular complexity index is 1340. The van der Waals surface area contributed by atoms with Crippen molar-refractivity contribution in [3.63, 3.8) is 0 Å². The number of hydrogen-bond acceptors (Lipinski definition) is 5. The Morgan fingerprint density at radius 1 is 1.08 bits per heavy atom. The smallest absolute Gasteiger partial charge is 0.337 e. The van der Waals surface area contributed by atoms with E-state index in [0.717, 1.165) is 0 Å². The van der Waals surface area contributed by atoms with Gasteiger partial charge >= 0.3 is 6.18 Å². The number of carbonyl (C=O) groups excluding carboxylic acids is 4. The van der Waals surface area contributed by atoms with Crippen molar-refractivity contribution in [2.45, 2.75) is 50.1 Å². The lowest BCUT2D eigenvalue weighted by Crippen LogP contribution is -2.55. The molecule has 0 aliphatic carbocycles. The van der Waals surface area contributed by atoms with Crippen LogP contribution < -0.4 is 10.6 Å². The number of likely N-dealkylation sites (tertiary alicyclic amines) is 1. The second kappa shape index (κ2) is 9.70. The van der Waals surface area contributed by atoms with E-state index in [-0.39, 0.29) is 42.6 Å². The van der Waals surface area contributed by atoms with E-state index in [0.29, 0.717) is 11.1 Å². The summed E-state index contributed by atoms with van der Waals surface area (Å²) in [6, 6.07) is 5.89. The average molecular weight is 550 g/mol. The molecule has 8 nitrogen and oxygen atoms in total. The lowest BCUT2D eigenvalue weighted by molar-refractivity contribution is -0.155. The topological polar surface area (TPSA) is 98.8 Å². The van der Waals surface area contributed by atoms with Crippen LogP contribution in [0.5, 0.6) is 0 Å². The minimum atomic E-state index is -4.83. The third-order valence-electron chi connectivity index (χ3n) is 7.02. The van der Waals surface area contributed by atoms with Crippen molar-refractivity contribution in [3.05, 3.63) is 70.3 Å². The van der Waals surface area contributed by atoms with Gasteiger partial charge in [-0.1, -0.05) is 24.3 Å². The van der Waals surface area contributed by atoms with Crippen LogP contribution in [0.2, 0.25) is 0 Å². The number of halogens is 5. The zero-order chi connectivity index (χ0) is 28.1. The Kier molecular flexibility index (Phi) is 6.65. The van der Waals surface area contributed by atoms with Gasteiger partial charge in [-0.3, -0.25) is 29.4 Å². The first kappa shape index (κ1) is 26.7. The second-order valence-corrected chi connectivity index (χ2v) is 9.96. The highest BCUT2D eigenvalue weighted by Gasteiger charge is 2.44. The quantitative estimate of drug-likeness (QED) is 0.426. The molecule has 2 saturated heterocycles. The number of hydrogen-bond donors (Lipinski definition) is 2. The van der Waals surface area contributed by atoms with Gasteiger partial charge in [-0.2, -0.15) is 13.2 Å². The molecule has 0 aromatic heterocycles. The van der Waals surface area contributed by atoms with Gasteiger partial charge in [0.1, 0.15) is 6.04 Å². The maximum atomic E-state index is 13.9. The van der Waals surface area contributed by atoms with Crippen LogP contribution in [0.3, 0.4) is 0 Å². The number of nitrogens with zero attached hydrogens (tertiary/aromatic N) is 2. The van der Waals surface area contributed by atoms with E-state index in [1.807, 2.05) is 5.32 Å². The molecule has 5 rings (SSSR count). The molecular weight excluding hydrogens is 527 g/mol. The third kappa shape index (κ3) is 5.49. The molecule has 0 spiro atoms. The Morgan fingerprint density at radius 2 is 1.77 bits per heavy atom. The molecule has 2 atom stereocenters. The molecular formula is C26H23F5N4O4. The van der Waals surface area contributed by atoms with Crippen LogP contribution in [-0.2, 0) is 22.7 Å². The highest BCUT2D eigenvalue weighted by molar-refractivity contribution is 6.06. The summed E-state index contributed by atoms with van der Waals surface area (Å²) < 4.78 is 67.8. The van der Waals surface area contributed by atoms with Gasteiger partial charge in [0.25, 0.3) is 17.7 Å². The van der Waals surface area contributed by atoms with Gasteiger partial charge in [0.2, 0.25) is 11.8 Å². The fourth-order valence-corrected chi connectivity index (χ4v) is 5.08. The number of benzene rings is 2. The van der Waals surface area contributed by atoms with Crippen LogP contribution in [0.25, 0.3) is 0 Å². The van der Waals surface area contributed by atoms with Crippen molar-refractivity contribution < 1.29 is 41.1 Å². The summed E-state index contributed by atoms with van der Waals surface area (Å²) in [5, 5.41) is 4.18. The first-order valence-electron chi connectivity index (χ1n) is 12.1. The summed E-state index contributed by atoms with van der Waals surface area (Å²) in [6.07, 6.45) is -4.61. The first-order valence-corrected chi connectivity index (χ1v) is 12.1. The van der Waals surface area contributed by atoms with E-state index in [9.17, 15) is 41.1 Å². The SMILES string of the molecule is O=C1CCC(N2Cc3cc(C(=O)NC(c4ccc(CN5CC(F)(F)C5)cc4)C(F)(F)F)ccc3C2=O)C(=O)N1. The zero-order valence-corrected chi connectivity index (χ0v) is 20.4. The van der Waals surface area contributed by atoms with Crippen molar-refractivity contribution in [3.8, 4) is 0 Å². The van der Waals surface area contributed by atoms with Crippen LogP contribution in [0.1, 0.15) is 56.3 Å². The minimum absolute atomic E-state index is 0.0331. The molecule has 0 bridgehead atoms. The summed E-state index contributed by atoms with van der Waals surface area (Å²) in [5.41, 5.74) is 0.830. The Balaban J connectivity index is 1.28. The van der Waals surface area contributed by atoms with Gasteiger partial charge in [0.15, 0.2) is 6.04 Å². The number of piperidine rings is 1. The maximum Gasteiger partial charge on any atom is 0.412 e. The van der Waals surface area contributed by atoms with Crippen molar-refractivity contribution in [1.82, 2.24) is 20.4 Å². The molecule has 2 aromatic rings. The summed E-state index contributed by atoms with van der Waals surface area (Å²) in [6.45, 7) is -0.682. The van der Waals surface area contributed by atoms with E-state index in [1.165, 1.54) is 52.3 Å². The fourth-order valence-electron chi connectivity index (χ4n) is 5.08. The summed E-state index contributed by atoms with van der Waals surface area (Å²) in [7, 11) is 0. The van der Waals surface area contributed by atoms with Crippen molar-refractivity contribution in [1.29, 1.82) is 0 Å². The van der Waals surface area contributed by atoms with Gasteiger partial charge in [0.05, 0.1) is 13.1 Å². The van der Waals surface area contributed by atoms with E-state index >= 15 is 0 Å². The molecule has 2 unspecified atom stereocenters. The summed E-state index contributed by atoms with van der Waals surface area (Å²) in [5.74, 6) is -5.28. The minimum Gasteiger partial charge on any atom is -0.337 e. The van der Waals surface area contributed by atoms with Crippen molar-refractivity contribution in [2.24, 2.45) is 0 Å². The molecule has 13 heteroatoms. The summed E-state index contributed by atoms with van der Waals surface area (Å²) >= 11 is 0. The lowest BCUT2D eigenvalue weighted by Gasteiger charge is -2.38. The van der Waals surface area contributed by atoms with E-state index < -0.39 is 60.9 Å². The van der Waals surface area contributed by atoms with Gasteiger partial charge in [-0.25, -0.2) is 8.78 Å². The number of rotatable bonds is 6. The second-order valence-electron chi connectivity index (χ2n) is 9.96. The van der Waals surface area contributed by atoms with Gasteiger partial charge in [0, 0.05) is 30.6 Å². The fraction of sp³-hybridized carbons (Fsp3) is 0.385. The average Bonchev–Trinajstić information content (AvgIpc) is 3.16. The Hall–Kier alpha value is -3.87. The molecule has 0 radical (unpaired) electrons. The predicted octanol–water partition coefficient (Wildman–Crippen LogP) is 2.93. The van der Waals surface area contributed by atoms with E-state index in [4.69, 9.17) is 0 Å². The molecule has 2 N–H and O–H groups in total. The molecule has 39 heavy (non-hydrogen) atoms. The molecule has 2 fully saturated rings. The third-order valence-corrected chi connectivity index (χ3v) is 7.02. The molecule has 3 aliphatic heterocycles. The zero-order valence-electron chi connectivity index (χ0n) is 20.4. The predicted molar refractivity (Wildman–Crippen MR) is 125 cm³/mol. The van der Waals surface area contributed by atoms with Crippen LogP contribution in [0.15, 0.2) is 42.5 Å². The van der Waals surface area contributed by atoms with Gasteiger partial charge < -0.3 is 10.2 Å².